The molecule has 2 aromatic heterocycles. The fourth-order valence-electron chi connectivity index (χ4n) is 3.24. The minimum atomic E-state index is -4.12. The van der Waals surface area contributed by atoms with Crippen LogP contribution in [0.3, 0.4) is 0 Å². The zero-order valence-corrected chi connectivity index (χ0v) is 13.3. The van der Waals surface area contributed by atoms with Crippen LogP contribution in [0.25, 0.3) is 17.0 Å². The first-order valence-electron chi connectivity index (χ1n) is 8.11. The van der Waals surface area contributed by atoms with Gasteiger partial charge >= 0.3 is 6.18 Å². The van der Waals surface area contributed by atoms with Gasteiger partial charge in [-0.3, -0.25) is 4.40 Å². The number of benzene rings is 1. The lowest BCUT2D eigenvalue weighted by Gasteiger charge is -2.33. The highest BCUT2D eigenvalue weighted by atomic mass is 19.4. The molecule has 0 spiro atoms. The summed E-state index contributed by atoms with van der Waals surface area (Å²) in [7, 11) is 0. The van der Waals surface area contributed by atoms with Crippen molar-refractivity contribution in [1.82, 2.24) is 19.6 Å². The molecule has 1 aromatic carbocycles. The SMILES string of the molecule is FC(F)(F)C1CCN(c2nccn3c(-c4ccccc4)nnc23)CC1. The van der Waals surface area contributed by atoms with Crippen molar-refractivity contribution in [2.75, 3.05) is 18.0 Å². The molecule has 1 saturated heterocycles. The Kier molecular flexibility index (Phi) is 3.82. The molecule has 0 saturated carbocycles. The summed E-state index contributed by atoms with van der Waals surface area (Å²) in [5.41, 5.74) is 1.48. The number of aromatic nitrogens is 4. The van der Waals surface area contributed by atoms with Crippen LogP contribution in [0.1, 0.15) is 12.8 Å². The minimum absolute atomic E-state index is 0.0753. The van der Waals surface area contributed by atoms with Gasteiger partial charge < -0.3 is 4.90 Å². The first-order chi connectivity index (χ1) is 12.0. The smallest absolute Gasteiger partial charge is 0.353 e. The van der Waals surface area contributed by atoms with E-state index in [1.54, 1.807) is 12.4 Å². The molecule has 0 amide bonds. The summed E-state index contributed by atoms with van der Waals surface area (Å²) in [6.45, 7) is 0.620. The van der Waals surface area contributed by atoms with E-state index in [0.29, 0.717) is 30.4 Å². The molecular formula is C17H16F3N5. The predicted octanol–water partition coefficient (Wildman–Crippen LogP) is 3.57. The van der Waals surface area contributed by atoms with Crippen molar-refractivity contribution in [2.24, 2.45) is 5.92 Å². The van der Waals surface area contributed by atoms with Crippen molar-refractivity contribution < 1.29 is 13.2 Å². The normalized spacial score (nSPS) is 16.5. The summed E-state index contributed by atoms with van der Waals surface area (Å²) < 4.78 is 40.4. The molecular weight excluding hydrogens is 331 g/mol. The number of rotatable bonds is 2. The summed E-state index contributed by atoms with van der Waals surface area (Å²) in [5.74, 6) is 0.0310. The number of hydrogen-bond acceptors (Lipinski definition) is 4. The summed E-state index contributed by atoms with van der Waals surface area (Å²) >= 11 is 0. The van der Waals surface area contributed by atoms with Gasteiger partial charge in [-0.05, 0) is 12.8 Å². The average molecular weight is 347 g/mol. The van der Waals surface area contributed by atoms with Crippen LogP contribution in [0.5, 0.6) is 0 Å². The minimum Gasteiger partial charge on any atom is -0.353 e. The summed E-state index contributed by atoms with van der Waals surface area (Å²) in [6.07, 6.45) is -0.573. The third-order valence-electron chi connectivity index (χ3n) is 4.60. The van der Waals surface area contributed by atoms with Crippen molar-refractivity contribution >= 4 is 11.5 Å². The molecule has 25 heavy (non-hydrogen) atoms. The van der Waals surface area contributed by atoms with Crippen molar-refractivity contribution in [3.8, 4) is 11.4 Å². The van der Waals surface area contributed by atoms with E-state index in [-0.39, 0.29) is 12.8 Å². The first-order valence-corrected chi connectivity index (χ1v) is 8.11. The van der Waals surface area contributed by atoms with Crippen LogP contribution in [-0.4, -0.2) is 38.8 Å². The highest BCUT2D eigenvalue weighted by Gasteiger charge is 2.41. The Morgan fingerprint density at radius 3 is 2.40 bits per heavy atom. The van der Waals surface area contributed by atoms with E-state index in [0.717, 1.165) is 5.56 Å². The molecule has 130 valence electrons. The number of fused-ring (bicyclic) bond motifs is 1. The zero-order valence-electron chi connectivity index (χ0n) is 13.3. The molecule has 3 heterocycles. The number of halogens is 3. The third kappa shape index (κ3) is 2.92. The van der Waals surface area contributed by atoms with E-state index in [9.17, 15) is 13.2 Å². The van der Waals surface area contributed by atoms with Crippen LogP contribution in [0.2, 0.25) is 0 Å². The molecule has 3 aromatic rings. The topological polar surface area (TPSA) is 46.3 Å². The van der Waals surface area contributed by atoms with E-state index >= 15 is 0 Å². The van der Waals surface area contributed by atoms with E-state index in [1.807, 2.05) is 39.6 Å². The monoisotopic (exact) mass is 347 g/mol. The lowest BCUT2D eigenvalue weighted by Crippen LogP contribution is -2.39. The van der Waals surface area contributed by atoms with Crippen molar-refractivity contribution in [3.63, 3.8) is 0 Å². The highest BCUT2D eigenvalue weighted by Crippen LogP contribution is 2.35. The number of alkyl halides is 3. The maximum atomic E-state index is 12.9. The van der Waals surface area contributed by atoms with Crippen LogP contribution in [0.15, 0.2) is 42.7 Å². The van der Waals surface area contributed by atoms with Crippen molar-refractivity contribution in [3.05, 3.63) is 42.7 Å². The van der Waals surface area contributed by atoms with Gasteiger partial charge in [0, 0.05) is 31.0 Å². The standard InChI is InChI=1S/C17H16F3N5/c18-17(19,20)13-6-9-24(10-7-13)15-16-23-22-14(25(16)11-8-21-15)12-4-2-1-3-5-12/h1-5,8,11,13H,6-7,9-10H2. The molecule has 5 nitrogen and oxygen atoms in total. The zero-order chi connectivity index (χ0) is 17.4. The highest BCUT2D eigenvalue weighted by molar-refractivity contribution is 5.68. The van der Waals surface area contributed by atoms with E-state index in [4.69, 9.17) is 0 Å². The van der Waals surface area contributed by atoms with Gasteiger partial charge in [0.1, 0.15) is 0 Å². The van der Waals surface area contributed by atoms with Crippen LogP contribution in [-0.2, 0) is 0 Å². The van der Waals surface area contributed by atoms with E-state index in [1.165, 1.54) is 0 Å². The molecule has 0 radical (unpaired) electrons. The Labute approximate surface area is 142 Å². The Morgan fingerprint density at radius 2 is 1.72 bits per heavy atom. The van der Waals surface area contributed by atoms with Gasteiger partial charge in [0.25, 0.3) is 0 Å². The van der Waals surface area contributed by atoms with Crippen LogP contribution < -0.4 is 4.90 Å². The molecule has 0 aliphatic carbocycles. The Bertz CT molecular complexity index is 867. The second-order valence-corrected chi connectivity index (χ2v) is 6.14. The van der Waals surface area contributed by atoms with Gasteiger partial charge in [0.2, 0.25) is 5.65 Å². The molecule has 1 aliphatic heterocycles. The van der Waals surface area contributed by atoms with E-state index < -0.39 is 12.1 Å². The number of hydrogen-bond donors (Lipinski definition) is 0. The lowest BCUT2D eigenvalue weighted by atomic mass is 9.96. The maximum absolute atomic E-state index is 12.9. The molecule has 1 fully saturated rings. The fraction of sp³-hybridized carbons (Fsp3) is 0.353. The predicted molar refractivity (Wildman–Crippen MR) is 87.2 cm³/mol. The Hall–Kier alpha value is -2.64. The van der Waals surface area contributed by atoms with Gasteiger partial charge in [-0.2, -0.15) is 13.2 Å². The summed E-state index contributed by atoms with van der Waals surface area (Å²) in [5, 5.41) is 8.47. The second kappa shape index (κ2) is 6.02. The average Bonchev–Trinajstić information content (AvgIpc) is 3.06. The van der Waals surface area contributed by atoms with Crippen LogP contribution >= 0.6 is 0 Å². The molecule has 0 atom stereocenters. The summed E-state index contributed by atoms with van der Waals surface area (Å²) in [4.78, 5) is 6.21. The summed E-state index contributed by atoms with van der Waals surface area (Å²) in [6, 6.07) is 9.63. The van der Waals surface area contributed by atoms with Gasteiger partial charge in [0.15, 0.2) is 11.6 Å². The van der Waals surface area contributed by atoms with Gasteiger partial charge in [-0.15, -0.1) is 10.2 Å². The lowest BCUT2D eigenvalue weighted by molar-refractivity contribution is -0.179. The number of nitrogens with zero attached hydrogens (tertiary/aromatic N) is 5. The number of anilines is 1. The molecule has 1 aliphatic rings. The van der Waals surface area contributed by atoms with Crippen molar-refractivity contribution in [2.45, 2.75) is 19.0 Å². The van der Waals surface area contributed by atoms with Gasteiger partial charge in [-0.1, -0.05) is 30.3 Å². The molecule has 0 N–H and O–H groups in total. The molecule has 0 unspecified atom stereocenters. The number of piperidine rings is 1. The van der Waals surface area contributed by atoms with Gasteiger partial charge in [0.05, 0.1) is 5.92 Å². The third-order valence-corrected chi connectivity index (χ3v) is 4.60. The van der Waals surface area contributed by atoms with E-state index in [2.05, 4.69) is 15.2 Å². The first kappa shape index (κ1) is 15.9. The second-order valence-electron chi connectivity index (χ2n) is 6.14. The van der Waals surface area contributed by atoms with Crippen LogP contribution in [0, 0.1) is 5.92 Å². The maximum Gasteiger partial charge on any atom is 0.391 e. The molecule has 4 rings (SSSR count). The molecule has 8 heteroatoms. The largest absolute Gasteiger partial charge is 0.391 e. The fourth-order valence-corrected chi connectivity index (χ4v) is 3.24. The quantitative estimate of drug-likeness (QED) is 0.711. The Balaban J connectivity index is 1.65. The van der Waals surface area contributed by atoms with Crippen molar-refractivity contribution in [1.29, 1.82) is 0 Å². The molecule has 0 bridgehead atoms. The Morgan fingerprint density at radius 1 is 1.00 bits per heavy atom. The van der Waals surface area contributed by atoms with Crippen LogP contribution in [0.4, 0.5) is 19.0 Å². The van der Waals surface area contributed by atoms with Gasteiger partial charge in [-0.25, -0.2) is 4.98 Å².